The van der Waals surface area contributed by atoms with Crippen molar-refractivity contribution in [3.8, 4) is 5.75 Å². The molecular formula is C13H20BrNO2. The largest absolute Gasteiger partial charge is 0.490 e. The summed E-state index contributed by atoms with van der Waals surface area (Å²) < 4.78 is 11.8. The maximum absolute atomic E-state index is 5.75. The lowest BCUT2D eigenvalue weighted by molar-refractivity contribution is 0.0924. The molecule has 0 atom stereocenters. The summed E-state index contributed by atoms with van der Waals surface area (Å²) in [5.41, 5.74) is 6.43. The number of nitrogens with two attached hydrogens (primary N) is 1. The molecule has 0 amide bonds. The monoisotopic (exact) mass is 301 g/mol. The Morgan fingerprint density at radius 2 is 2.00 bits per heavy atom. The van der Waals surface area contributed by atoms with Crippen LogP contribution >= 0.6 is 15.9 Å². The van der Waals surface area contributed by atoms with Crippen molar-refractivity contribution in [1.82, 2.24) is 0 Å². The summed E-state index contributed by atoms with van der Waals surface area (Å²) >= 11 is 3.39. The molecule has 1 aromatic rings. The molecule has 0 aliphatic rings. The molecule has 0 aromatic heterocycles. The van der Waals surface area contributed by atoms with Gasteiger partial charge in [0.2, 0.25) is 0 Å². The van der Waals surface area contributed by atoms with Gasteiger partial charge in [0.05, 0.1) is 11.1 Å². The van der Waals surface area contributed by atoms with Crippen molar-refractivity contribution in [3.63, 3.8) is 0 Å². The number of benzene rings is 1. The van der Waals surface area contributed by atoms with Crippen molar-refractivity contribution in [1.29, 1.82) is 0 Å². The average Bonchev–Trinajstić information content (AvgIpc) is 2.28. The average molecular weight is 302 g/mol. The number of rotatable bonds is 7. The van der Waals surface area contributed by atoms with Crippen LogP contribution in [-0.4, -0.2) is 19.8 Å². The van der Waals surface area contributed by atoms with Gasteiger partial charge in [-0.05, 0) is 40.4 Å². The number of halogens is 1. The molecule has 0 saturated heterocycles. The van der Waals surface area contributed by atoms with Gasteiger partial charge in [0, 0.05) is 12.3 Å². The molecule has 0 bridgehead atoms. The Morgan fingerprint density at radius 3 is 2.71 bits per heavy atom. The Hall–Kier alpha value is -0.740. The molecule has 1 rings (SSSR count). The van der Waals surface area contributed by atoms with Crippen molar-refractivity contribution in [2.75, 3.05) is 25.6 Å². The van der Waals surface area contributed by atoms with Gasteiger partial charge in [0.1, 0.15) is 12.4 Å². The SMILES string of the molecule is CC(C)CCOCCOc1cccc(N)c1Br. The van der Waals surface area contributed by atoms with Crippen LogP contribution in [0.5, 0.6) is 5.75 Å². The predicted octanol–water partition coefficient (Wildman–Crippen LogP) is 3.47. The fourth-order valence-corrected chi connectivity index (χ4v) is 1.65. The third kappa shape index (κ3) is 5.41. The lowest BCUT2D eigenvalue weighted by Gasteiger charge is -2.10. The van der Waals surface area contributed by atoms with Gasteiger partial charge in [0.25, 0.3) is 0 Å². The first-order chi connectivity index (χ1) is 8.11. The third-order valence-corrected chi connectivity index (χ3v) is 3.17. The van der Waals surface area contributed by atoms with Crippen molar-refractivity contribution in [2.45, 2.75) is 20.3 Å². The molecule has 1 aromatic carbocycles. The van der Waals surface area contributed by atoms with Crippen LogP contribution in [0.25, 0.3) is 0 Å². The summed E-state index contributed by atoms with van der Waals surface area (Å²) in [6.07, 6.45) is 1.09. The molecule has 4 heteroatoms. The van der Waals surface area contributed by atoms with Crippen molar-refractivity contribution >= 4 is 21.6 Å². The highest BCUT2D eigenvalue weighted by molar-refractivity contribution is 9.10. The van der Waals surface area contributed by atoms with Crippen LogP contribution in [0.15, 0.2) is 22.7 Å². The maximum atomic E-state index is 5.75. The molecule has 0 spiro atoms. The first-order valence-electron chi connectivity index (χ1n) is 5.85. The zero-order valence-corrected chi connectivity index (χ0v) is 12.0. The Morgan fingerprint density at radius 1 is 1.24 bits per heavy atom. The van der Waals surface area contributed by atoms with Gasteiger partial charge < -0.3 is 15.2 Å². The minimum atomic E-state index is 0.542. The number of anilines is 1. The van der Waals surface area contributed by atoms with Gasteiger partial charge in [-0.1, -0.05) is 19.9 Å². The highest BCUT2D eigenvalue weighted by Gasteiger charge is 2.03. The zero-order valence-electron chi connectivity index (χ0n) is 10.4. The normalized spacial score (nSPS) is 10.8. The smallest absolute Gasteiger partial charge is 0.135 e. The number of nitrogen functional groups attached to an aromatic ring is 1. The van der Waals surface area contributed by atoms with E-state index in [1.54, 1.807) is 0 Å². The lowest BCUT2D eigenvalue weighted by atomic mass is 10.1. The number of hydrogen-bond donors (Lipinski definition) is 1. The van der Waals surface area contributed by atoms with E-state index in [0.29, 0.717) is 24.8 Å². The molecule has 0 unspecified atom stereocenters. The molecular weight excluding hydrogens is 282 g/mol. The number of hydrogen-bond acceptors (Lipinski definition) is 3. The van der Waals surface area contributed by atoms with E-state index in [4.69, 9.17) is 15.2 Å². The van der Waals surface area contributed by atoms with Gasteiger partial charge in [-0.15, -0.1) is 0 Å². The van der Waals surface area contributed by atoms with Gasteiger partial charge >= 0.3 is 0 Å². The van der Waals surface area contributed by atoms with Gasteiger partial charge in [-0.3, -0.25) is 0 Å². The second-order valence-corrected chi connectivity index (χ2v) is 5.10. The Kier molecular flexibility index (Phi) is 6.37. The van der Waals surface area contributed by atoms with Crippen LogP contribution < -0.4 is 10.5 Å². The molecule has 3 nitrogen and oxygen atoms in total. The number of ether oxygens (including phenoxy) is 2. The third-order valence-electron chi connectivity index (χ3n) is 2.32. The zero-order chi connectivity index (χ0) is 12.7. The molecule has 0 saturated carbocycles. The summed E-state index contributed by atoms with van der Waals surface area (Å²) in [4.78, 5) is 0. The van der Waals surface area contributed by atoms with E-state index in [2.05, 4.69) is 29.8 Å². The molecule has 17 heavy (non-hydrogen) atoms. The van der Waals surface area contributed by atoms with Crippen molar-refractivity contribution in [2.24, 2.45) is 5.92 Å². The summed E-state index contributed by atoms with van der Waals surface area (Å²) in [6, 6.07) is 5.58. The minimum absolute atomic E-state index is 0.542. The lowest BCUT2D eigenvalue weighted by Crippen LogP contribution is -2.09. The van der Waals surface area contributed by atoms with Gasteiger partial charge in [-0.25, -0.2) is 0 Å². The predicted molar refractivity (Wildman–Crippen MR) is 74.3 cm³/mol. The van der Waals surface area contributed by atoms with E-state index < -0.39 is 0 Å². The standard InChI is InChI=1S/C13H20BrNO2/c1-10(2)6-7-16-8-9-17-12-5-3-4-11(15)13(12)14/h3-5,10H,6-9,15H2,1-2H3. The van der Waals surface area contributed by atoms with Crippen molar-refractivity contribution < 1.29 is 9.47 Å². The highest BCUT2D eigenvalue weighted by Crippen LogP contribution is 2.30. The second-order valence-electron chi connectivity index (χ2n) is 4.30. The Bertz CT molecular complexity index is 342. The van der Waals surface area contributed by atoms with Crippen LogP contribution in [0, 0.1) is 5.92 Å². The first-order valence-corrected chi connectivity index (χ1v) is 6.65. The Balaban J connectivity index is 2.20. The molecule has 96 valence electrons. The van der Waals surface area contributed by atoms with Gasteiger partial charge in [-0.2, -0.15) is 0 Å². The topological polar surface area (TPSA) is 44.5 Å². The Labute approximate surface area is 111 Å². The molecule has 0 radical (unpaired) electrons. The van der Waals surface area contributed by atoms with Crippen LogP contribution in [-0.2, 0) is 4.74 Å². The van der Waals surface area contributed by atoms with Crippen LogP contribution in [0.3, 0.4) is 0 Å². The van der Waals surface area contributed by atoms with E-state index in [1.807, 2.05) is 18.2 Å². The van der Waals surface area contributed by atoms with Crippen LogP contribution in [0.4, 0.5) is 5.69 Å². The highest BCUT2D eigenvalue weighted by atomic mass is 79.9. The summed E-state index contributed by atoms with van der Waals surface area (Å²) in [5.74, 6) is 1.44. The quantitative estimate of drug-likeness (QED) is 0.619. The molecule has 0 aliphatic carbocycles. The van der Waals surface area contributed by atoms with E-state index in [1.165, 1.54) is 0 Å². The van der Waals surface area contributed by atoms with E-state index in [0.717, 1.165) is 23.2 Å². The molecule has 0 fully saturated rings. The summed E-state index contributed by atoms with van der Waals surface area (Å²) in [6.45, 7) is 6.31. The molecule has 2 N–H and O–H groups in total. The molecule has 0 aliphatic heterocycles. The van der Waals surface area contributed by atoms with E-state index in [9.17, 15) is 0 Å². The van der Waals surface area contributed by atoms with Gasteiger partial charge in [0.15, 0.2) is 0 Å². The fraction of sp³-hybridized carbons (Fsp3) is 0.538. The maximum Gasteiger partial charge on any atom is 0.135 e. The van der Waals surface area contributed by atoms with Crippen LogP contribution in [0.1, 0.15) is 20.3 Å². The molecule has 0 heterocycles. The summed E-state index contributed by atoms with van der Waals surface area (Å²) in [5, 5.41) is 0. The van der Waals surface area contributed by atoms with E-state index >= 15 is 0 Å². The minimum Gasteiger partial charge on any atom is -0.490 e. The van der Waals surface area contributed by atoms with E-state index in [-0.39, 0.29) is 0 Å². The summed E-state index contributed by atoms with van der Waals surface area (Å²) in [7, 11) is 0. The second kappa shape index (κ2) is 7.56. The van der Waals surface area contributed by atoms with Crippen LogP contribution in [0.2, 0.25) is 0 Å². The first kappa shape index (κ1) is 14.3. The fourth-order valence-electron chi connectivity index (χ4n) is 1.27. The van der Waals surface area contributed by atoms with Crippen molar-refractivity contribution in [3.05, 3.63) is 22.7 Å².